The van der Waals surface area contributed by atoms with Gasteiger partial charge in [-0.25, -0.2) is 4.79 Å². The van der Waals surface area contributed by atoms with E-state index < -0.39 is 23.3 Å². The molecular weight excluding hydrogens is 315 g/mol. The molecule has 0 aliphatic heterocycles. The number of carbonyl (C=O) groups is 1. The molecule has 0 aromatic heterocycles. The molecule has 0 atom stereocenters. The average molecular weight is 322 g/mol. The summed E-state index contributed by atoms with van der Waals surface area (Å²) in [7, 11) is 1.04. The van der Waals surface area contributed by atoms with Crippen molar-refractivity contribution in [2.45, 2.75) is 11.5 Å². The van der Waals surface area contributed by atoms with E-state index >= 15 is 0 Å². The molecule has 0 bridgehead atoms. The van der Waals surface area contributed by atoms with Crippen molar-refractivity contribution < 1.29 is 22.7 Å². The van der Waals surface area contributed by atoms with Gasteiger partial charge in [-0.2, -0.15) is 18.4 Å². The Labute approximate surface area is 109 Å². The van der Waals surface area contributed by atoms with Gasteiger partial charge in [0.25, 0.3) is 0 Å². The van der Waals surface area contributed by atoms with Crippen LogP contribution in [0.1, 0.15) is 27.0 Å². The molecule has 0 saturated heterocycles. The molecule has 0 heterocycles. The van der Waals surface area contributed by atoms with Crippen LogP contribution >= 0.6 is 15.9 Å². The zero-order chi connectivity index (χ0) is 13.9. The van der Waals surface area contributed by atoms with Gasteiger partial charge < -0.3 is 4.74 Å². The highest BCUT2D eigenvalue weighted by Crippen LogP contribution is 2.34. The minimum Gasteiger partial charge on any atom is -0.465 e. The van der Waals surface area contributed by atoms with Crippen molar-refractivity contribution in [3.63, 3.8) is 0 Å². The smallest absolute Gasteiger partial charge is 0.417 e. The van der Waals surface area contributed by atoms with Gasteiger partial charge in [0, 0.05) is 5.33 Å². The lowest BCUT2D eigenvalue weighted by Gasteiger charge is -2.13. The maximum absolute atomic E-state index is 12.8. The fraction of sp³-hybridized carbons (Fsp3) is 0.273. The second-order valence-electron chi connectivity index (χ2n) is 3.30. The number of nitrogens with zero attached hydrogens (tertiary/aromatic N) is 1. The van der Waals surface area contributed by atoms with E-state index in [0.717, 1.165) is 13.2 Å². The molecule has 0 saturated carbocycles. The Morgan fingerprint density at radius 2 is 2.11 bits per heavy atom. The number of ether oxygens (including phenoxy) is 1. The highest BCUT2D eigenvalue weighted by molar-refractivity contribution is 9.08. The van der Waals surface area contributed by atoms with E-state index in [0.29, 0.717) is 0 Å². The van der Waals surface area contributed by atoms with Crippen molar-refractivity contribution in [3.8, 4) is 6.07 Å². The zero-order valence-electron chi connectivity index (χ0n) is 9.14. The molecule has 18 heavy (non-hydrogen) atoms. The van der Waals surface area contributed by atoms with Crippen LogP contribution < -0.4 is 0 Å². The lowest BCUT2D eigenvalue weighted by molar-refractivity contribution is -0.137. The second kappa shape index (κ2) is 5.40. The quantitative estimate of drug-likeness (QED) is 0.620. The highest BCUT2D eigenvalue weighted by atomic mass is 79.9. The third-order valence-electron chi connectivity index (χ3n) is 2.17. The standard InChI is InChI=1S/C11H7BrF3NO2/c1-18-10(17)7-2-6(4-12)3-9(8(7)5-16)11(13,14)15/h2-3H,4H2,1H3. The van der Waals surface area contributed by atoms with Gasteiger partial charge in [-0.1, -0.05) is 15.9 Å². The van der Waals surface area contributed by atoms with Crippen LogP contribution in [0.2, 0.25) is 0 Å². The molecule has 96 valence electrons. The van der Waals surface area contributed by atoms with E-state index in [2.05, 4.69) is 20.7 Å². The van der Waals surface area contributed by atoms with Crippen molar-refractivity contribution in [2.75, 3.05) is 7.11 Å². The summed E-state index contributed by atoms with van der Waals surface area (Å²) in [5, 5.41) is 8.93. The van der Waals surface area contributed by atoms with Crippen LogP contribution in [0.5, 0.6) is 0 Å². The van der Waals surface area contributed by atoms with E-state index in [1.807, 2.05) is 0 Å². The zero-order valence-corrected chi connectivity index (χ0v) is 10.7. The highest BCUT2D eigenvalue weighted by Gasteiger charge is 2.36. The van der Waals surface area contributed by atoms with E-state index in [4.69, 9.17) is 5.26 Å². The van der Waals surface area contributed by atoms with Crippen molar-refractivity contribution in [1.29, 1.82) is 5.26 Å². The normalized spacial score (nSPS) is 10.9. The van der Waals surface area contributed by atoms with Crippen LogP contribution in [0.4, 0.5) is 13.2 Å². The van der Waals surface area contributed by atoms with Crippen molar-refractivity contribution in [2.24, 2.45) is 0 Å². The summed E-state index contributed by atoms with van der Waals surface area (Å²) >= 11 is 3.01. The molecular formula is C11H7BrF3NO2. The Morgan fingerprint density at radius 1 is 1.50 bits per heavy atom. The summed E-state index contributed by atoms with van der Waals surface area (Å²) in [5.41, 5.74) is -2.01. The number of hydrogen-bond donors (Lipinski definition) is 0. The first kappa shape index (κ1) is 14.5. The maximum atomic E-state index is 12.8. The summed E-state index contributed by atoms with van der Waals surface area (Å²) in [6, 6.07) is 3.44. The van der Waals surface area contributed by atoms with Crippen LogP contribution in [0, 0.1) is 11.3 Å². The van der Waals surface area contributed by atoms with Gasteiger partial charge in [0.15, 0.2) is 0 Å². The predicted octanol–water partition coefficient (Wildman–Crippen LogP) is 3.26. The number of methoxy groups -OCH3 is 1. The van der Waals surface area contributed by atoms with E-state index in [1.54, 1.807) is 0 Å². The Bertz CT molecular complexity index is 520. The largest absolute Gasteiger partial charge is 0.465 e. The third kappa shape index (κ3) is 2.82. The average Bonchev–Trinajstić information content (AvgIpc) is 2.34. The summed E-state index contributed by atoms with van der Waals surface area (Å²) in [4.78, 5) is 11.4. The molecule has 1 aromatic carbocycles. The summed E-state index contributed by atoms with van der Waals surface area (Å²) < 4.78 is 42.7. The Balaban J connectivity index is 3.62. The lowest BCUT2D eigenvalue weighted by atomic mass is 9.98. The first-order chi connectivity index (χ1) is 8.35. The monoisotopic (exact) mass is 321 g/mol. The molecule has 7 heteroatoms. The first-order valence-corrected chi connectivity index (χ1v) is 5.75. The third-order valence-corrected chi connectivity index (χ3v) is 2.82. The van der Waals surface area contributed by atoms with Crippen LogP contribution in [0.25, 0.3) is 0 Å². The number of benzene rings is 1. The molecule has 3 nitrogen and oxygen atoms in total. The van der Waals surface area contributed by atoms with Crippen LogP contribution in [-0.2, 0) is 16.2 Å². The van der Waals surface area contributed by atoms with Crippen LogP contribution in [-0.4, -0.2) is 13.1 Å². The van der Waals surface area contributed by atoms with Crippen molar-refractivity contribution in [3.05, 3.63) is 34.4 Å². The Hall–Kier alpha value is -1.55. The van der Waals surface area contributed by atoms with Gasteiger partial charge in [0.05, 0.1) is 23.8 Å². The SMILES string of the molecule is COC(=O)c1cc(CBr)cc(C(F)(F)F)c1C#N. The molecule has 0 aliphatic carbocycles. The lowest BCUT2D eigenvalue weighted by Crippen LogP contribution is -2.14. The fourth-order valence-corrected chi connectivity index (χ4v) is 1.72. The number of carbonyl (C=O) groups excluding carboxylic acids is 1. The number of hydrogen-bond acceptors (Lipinski definition) is 3. The molecule has 0 N–H and O–H groups in total. The molecule has 0 aliphatic rings. The number of nitriles is 1. The molecule has 1 rings (SSSR count). The number of rotatable bonds is 2. The van der Waals surface area contributed by atoms with Gasteiger partial charge >= 0.3 is 12.1 Å². The first-order valence-electron chi connectivity index (χ1n) is 4.63. The molecule has 0 amide bonds. The topological polar surface area (TPSA) is 50.1 Å². The van der Waals surface area contributed by atoms with E-state index in [1.165, 1.54) is 12.1 Å². The summed E-state index contributed by atoms with van der Waals surface area (Å²) in [5.74, 6) is -0.972. The van der Waals surface area contributed by atoms with Gasteiger partial charge in [-0.3, -0.25) is 0 Å². The molecule has 0 fully saturated rings. The number of esters is 1. The van der Waals surface area contributed by atoms with Crippen LogP contribution in [0.3, 0.4) is 0 Å². The maximum Gasteiger partial charge on any atom is 0.417 e. The van der Waals surface area contributed by atoms with E-state index in [9.17, 15) is 18.0 Å². The summed E-state index contributed by atoms with van der Waals surface area (Å²) in [6.45, 7) is 0. The van der Waals surface area contributed by atoms with Gasteiger partial charge in [0.2, 0.25) is 0 Å². The van der Waals surface area contributed by atoms with Gasteiger partial charge in [-0.05, 0) is 17.7 Å². The molecule has 0 spiro atoms. The number of halogens is 4. The van der Waals surface area contributed by atoms with Gasteiger partial charge in [0.1, 0.15) is 6.07 Å². The van der Waals surface area contributed by atoms with Crippen molar-refractivity contribution in [1.82, 2.24) is 0 Å². The van der Waals surface area contributed by atoms with Gasteiger partial charge in [-0.15, -0.1) is 0 Å². The second-order valence-corrected chi connectivity index (χ2v) is 3.86. The summed E-state index contributed by atoms with van der Waals surface area (Å²) in [6.07, 6.45) is -4.70. The molecule has 1 aromatic rings. The minimum absolute atomic E-state index is 0.131. The molecule has 0 radical (unpaired) electrons. The minimum atomic E-state index is -4.70. The Kier molecular flexibility index (Phi) is 4.35. The Morgan fingerprint density at radius 3 is 2.50 bits per heavy atom. The van der Waals surface area contributed by atoms with E-state index in [-0.39, 0.29) is 16.5 Å². The predicted molar refractivity (Wildman–Crippen MR) is 60.1 cm³/mol. The van der Waals surface area contributed by atoms with Crippen LogP contribution in [0.15, 0.2) is 12.1 Å². The number of alkyl halides is 4. The fourth-order valence-electron chi connectivity index (χ4n) is 1.39. The van der Waals surface area contributed by atoms with Crippen molar-refractivity contribution >= 4 is 21.9 Å². The molecule has 0 unspecified atom stereocenters.